The molecular weight excluding hydrogens is 302 g/mol. The Bertz CT molecular complexity index is 514. The smallest absolute Gasteiger partial charge is 0.306 e. The van der Waals surface area contributed by atoms with Crippen LogP contribution in [0.3, 0.4) is 0 Å². The Kier molecular flexibility index (Phi) is 6.13. The Morgan fingerprint density at radius 3 is 2.29 bits per heavy atom. The molecule has 0 radical (unpaired) electrons. The van der Waals surface area contributed by atoms with Crippen LogP contribution in [0.2, 0.25) is 0 Å². The molecule has 0 atom stereocenters. The van der Waals surface area contributed by atoms with E-state index < -0.39 is 5.97 Å². The van der Waals surface area contributed by atoms with Gasteiger partial charge in [0, 0.05) is 12.6 Å². The van der Waals surface area contributed by atoms with Crippen molar-refractivity contribution < 1.29 is 14.6 Å². The first-order chi connectivity index (χ1) is 11.7. The second kappa shape index (κ2) is 8.52. The molecule has 2 saturated carbocycles. The molecule has 0 bridgehead atoms. The van der Waals surface area contributed by atoms with Gasteiger partial charge in [0.2, 0.25) is 0 Å². The van der Waals surface area contributed by atoms with Gasteiger partial charge in [-0.2, -0.15) is 0 Å². The molecule has 2 aliphatic carbocycles. The zero-order valence-electron chi connectivity index (χ0n) is 14.4. The molecule has 1 aromatic rings. The van der Waals surface area contributed by atoms with Crippen LogP contribution in [0.5, 0.6) is 5.75 Å². The van der Waals surface area contributed by atoms with E-state index >= 15 is 0 Å². The number of aliphatic carboxylic acids is 1. The quantitative estimate of drug-likeness (QED) is 0.823. The summed E-state index contributed by atoms with van der Waals surface area (Å²) in [5.74, 6) is 0.203. The summed E-state index contributed by atoms with van der Waals surface area (Å²) in [6, 6.07) is 8.86. The predicted molar refractivity (Wildman–Crippen MR) is 94.2 cm³/mol. The molecule has 4 nitrogen and oxygen atoms in total. The minimum atomic E-state index is -0.637. The first-order valence-corrected chi connectivity index (χ1v) is 9.42. The van der Waals surface area contributed by atoms with Crippen molar-refractivity contribution in [3.05, 3.63) is 29.8 Å². The first kappa shape index (κ1) is 17.3. The van der Waals surface area contributed by atoms with E-state index in [2.05, 4.69) is 29.6 Å². The van der Waals surface area contributed by atoms with E-state index in [1.165, 1.54) is 37.7 Å². The molecule has 0 aliphatic heterocycles. The first-order valence-electron chi connectivity index (χ1n) is 9.42. The van der Waals surface area contributed by atoms with Crippen molar-refractivity contribution in [3.63, 3.8) is 0 Å². The number of nitrogens with one attached hydrogen (secondary N) is 1. The van der Waals surface area contributed by atoms with Gasteiger partial charge in [0.15, 0.2) is 0 Å². The lowest BCUT2D eigenvalue weighted by Gasteiger charge is -2.27. The number of ether oxygens (including phenoxy) is 1. The third-order valence-corrected chi connectivity index (χ3v) is 5.45. The number of benzene rings is 1. The highest BCUT2D eigenvalue weighted by Gasteiger charge is 2.25. The van der Waals surface area contributed by atoms with Crippen LogP contribution in [0.25, 0.3) is 0 Å². The minimum absolute atomic E-state index is 0.140. The van der Waals surface area contributed by atoms with Crippen LogP contribution in [0, 0.1) is 5.92 Å². The Morgan fingerprint density at radius 1 is 1.00 bits per heavy atom. The molecule has 0 aromatic heterocycles. The van der Waals surface area contributed by atoms with E-state index in [0.29, 0.717) is 12.1 Å². The number of hydrogen-bond donors (Lipinski definition) is 2. The Morgan fingerprint density at radius 2 is 1.67 bits per heavy atom. The van der Waals surface area contributed by atoms with Gasteiger partial charge in [-0.05, 0) is 69.1 Å². The number of carboxylic acid groups (broad SMARTS) is 1. The van der Waals surface area contributed by atoms with Crippen molar-refractivity contribution in [2.45, 2.75) is 76.5 Å². The molecule has 3 rings (SSSR count). The summed E-state index contributed by atoms with van der Waals surface area (Å²) in [6.07, 6.45) is 10.2. The Hall–Kier alpha value is -1.55. The predicted octanol–water partition coefficient (Wildman–Crippen LogP) is 4.13. The largest absolute Gasteiger partial charge is 0.490 e. The van der Waals surface area contributed by atoms with Gasteiger partial charge in [-0.1, -0.05) is 18.6 Å². The van der Waals surface area contributed by atoms with Crippen molar-refractivity contribution in [2.24, 2.45) is 5.92 Å². The number of carbonyl (C=O) groups is 1. The molecule has 0 saturated heterocycles. The Labute approximate surface area is 144 Å². The normalized spacial score (nSPS) is 25.3. The third-order valence-electron chi connectivity index (χ3n) is 5.45. The fourth-order valence-electron chi connectivity index (χ4n) is 3.87. The van der Waals surface area contributed by atoms with Gasteiger partial charge in [-0.3, -0.25) is 4.79 Å². The molecule has 24 heavy (non-hydrogen) atoms. The van der Waals surface area contributed by atoms with Crippen molar-refractivity contribution in [1.82, 2.24) is 5.32 Å². The molecule has 2 aliphatic rings. The molecule has 2 fully saturated rings. The van der Waals surface area contributed by atoms with E-state index in [0.717, 1.165) is 38.0 Å². The lowest BCUT2D eigenvalue weighted by molar-refractivity contribution is -0.142. The molecule has 0 amide bonds. The van der Waals surface area contributed by atoms with E-state index in [4.69, 9.17) is 9.84 Å². The van der Waals surface area contributed by atoms with Crippen molar-refractivity contribution in [1.29, 1.82) is 0 Å². The van der Waals surface area contributed by atoms with Gasteiger partial charge < -0.3 is 15.2 Å². The average molecular weight is 331 g/mol. The highest BCUT2D eigenvalue weighted by atomic mass is 16.5. The van der Waals surface area contributed by atoms with Gasteiger partial charge in [0.25, 0.3) is 0 Å². The van der Waals surface area contributed by atoms with Crippen LogP contribution in [-0.2, 0) is 11.3 Å². The fraction of sp³-hybridized carbons (Fsp3) is 0.650. The van der Waals surface area contributed by atoms with Gasteiger partial charge in [0.1, 0.15) is 5.75 Å². The highest BCUT2D eigenvalue weighted by molar-refractivity contribution is 5.70. The van der Waals surface area contributed by atoms with Crippen LogP contribution in [-0.4, -0.2) is 23.2 Å². The van der Waals surface area contributed by atoms with Crippen molar-refractivity contribution in [3.8, 4) is 5.75 Å². The molecule has 0 unspecified atom stereocenters. The van der Waals surface area contributed by atoms with Crippen LogP contribution in [0.4, 0.5) is 0 Å². The maximum absolute atomic E-state index is 11.0. The summed E-state index contributed by atoms with van der Waals surface area (Å²) in [7, 11) is 0. The lowest BCUT2D eigenvalue weighted by Crippen LogP contribution is -2.34. The SMILES string of the molecule is O=C(O)C1CCC(NCc2ccc(OC3CCCCC3)cc2)CC1. The monoisotopic (exact) mass is 331 g/mol. The van der Waals surface area contributed by atoms with Gasteiger partial charge in [0.05, 0.1) is 12.0 Å². The summed E-state index contributed by atoms with van der Waals surface area (Å²) in [4.78, 5) is 11.0. The summed E-state index contributed by atoms with van der Waals surface area (Å²) in [6.45, 7) is 0.839. The second-order valence-corrected chi connectivity index (χ2v) is 7.29. The summed E-state index contributed by atoms with van der Waals surface area (Å²) < 4.78 is 6.06. The van der Waals surface area contributed by atoms with E-state index in [9.17, 15) is 4.79 Å². The van der Waals surface area contributed by atoms with Crippen molar-refractivity contribution in [2.75, 3.05) is 0 Å². The highest BCUT2D eigenvalue weighted by Crippen LogP contribution is 2.25. The average Bonchev–Trinajstić information content (AvgIpc) is 2.62. The third kappa shape index (κ3) is 4.97. The van der Waals surface area contributed by atoms with Gasteiger partial charge in [-0.25, -0.2) is 0 Å². The second-order valence-electron chi connectivity index (χ2n) is 7.29. The minimum Gasteiger partial charge on any atom is -0.490 e. The van der Waals surface area contributed by atoms with E-state index in [-0.39, 0.29) is 5.92 Å². The summed E-state index contributed by atoms with van der Waals surface area (Å²) in [5.41, 5.74) is 1.26. The van der Waals surface area contributed by atoms with Crippen LogP contribution in [0.15, 0.2) is 24.3 Å². The van der Waals surface area contributed by atoms with E-state index in [1.807, 2.05) is 0 Å². The van der Waals surface area contributed by atoms with E-state index in [1.54, 1.807) is 0 Å². The molecule has 4 heteroatoms. The topological polar surface area (TPSA) is 58.6 Å². The van der Waals surface area contributed by atoms with Gasteiger partial charge in [-0.15, -0.1) is 0 Å². The molecule has 1 aromatic carbocycles. The number of hydrogen-bond acceptors (Lipinski definition) is 3. The molecule has 2 N–H and O–H groups in total. The lowest BCUT2D eigenvalue weighted by atomic mass is 9.86. The Balaban J connectivity index is 1.40. The maximum Gasteiger partial charge on any atom is 0.306 e. The van der Waals surface area contributed by atoms with Crippen molar-refractivity contribution >= 4 is 5.97 Å². The zero-order valence-corrected chi connectivity index (χ0v) is 14.4. The fourth-order valence-corrected chi connectivity index (χ4v) is 3.87. The standard InChI is InChI=1S/C20H29NO3/c22-20(23)16-8-10-17(11-9-16)21-14-15-6-12-19(13-7-15)24-18-4-2-1-3-5-18/h6-7,12-13,16-18,21H,1-5,8-11,14H2,(H,22,23). The molecule has 0 heterocycles. The number of carboxylic acids is 1. The van der Waals surface area contributed by atoms with Crippen LogP contribution < -0.4 is 10.1 Å². The maximum atomic E-state index is 11.0. The van der Waals surface area contributed by atoms with Crippen LogP contribution in [0.1, 0.15) is 63.4 Å². The summed E-state index contributed by atoms with van der Waals surface area (Å²) in [5, 5.41) is 12.6. The van der Waals surface area contributed by atoms with Crippen LogP contribution >= 0.6 is 0 Å². The summed E-state index contributed by atoms with van der Waals surface area (Å²) >= 11 is 0. The molecule has 132 valence electrons. The number of rotatable bonds is 6. The molecule has 0 spiro atoms. The molecular formula is C20H29NO3. The van der Waals surface area contributed by atoms with Gasteiger partial charge >= 0.3 is 5.97 Å². The zero-order chi connectivity index (χ0) is 16.8.